The van der Waals surface area contributed by atoms with Crippen LogP contribution in [0.2, 0.25) is 5.02 Å². The Bertz CT molecular complexity index is 1350. The van der Waals surface area contributed by atoms with E-state index >= 15 is 0 Å². The number of halogens is 1. The number of H-pyrrole nitrogens is 1. The Hall–Kier alpha value is -3.65. The number of amides is 1. The molecule has 0 unspecified atom stereocenters. The average Bonchev–Trinajstić information content (AvgIpc) is 3.06. The number of nitrogens with zero attached hydrogens (tertiary/aromatic N) is 3. The number of fused-ring (bicyclic) bond motifs is 1. The third-order valence-corrected chi connectivity index (χ3v) is 5.02. The number of pyridine rings is 2. The van der Waals surface area contributed by atoms with E-state index in [1.54, 1.807) is 49.5 Å². The topological polar surface area (TPSA) is 102 Å². The lowest BCUT2D eigenvalue weighted by atomic mass is 10.2. The van der Waals surface area contributed by atoms with Gasteiger partial charge in [0.05, 0.1) is 28.8 Å². The van der Waals surface area contributed by atoms with Gasteiger partial charge in [0.25, 0.3) is 11.1 Å². The first kappa shape index (κ1) is 19.7. The van der Waals surface area contributed by atoms with Gasteiger partial charge in [-0.3, -0.25) is 24.5 Å². The number of aromatic amines is 1. The molecule has 0 atom stereocenters. The summed E-state index contributed by atoms with van der Waals surface area (Å²) in [5.74, 6) is -0.351. The number of hydrogen-bond donors (Lipinski definition) is 2. The highest BCUT2D eigenvalue weighted by Crippen LogP contribution is 2.16. The predicted octanol–water partition coefficient (Wildman–Crippen LogP) is 2.15. The Morgan fingerprint density at radius 3 is 2.73 bits per heavy atom. The molecule has 8 nitrogen and oxygen atoms in total. The number of rotatable bonds is 5. The van der Waals surface area contributed by atoms with Gasteiger partial charge in [0.15, 0.2) is 0 Å². The van der Waals surface area contributed by atoms with Crippen LogP contribution >= 0.6 is 11.6 Å². The fraction of sp³-hybridized carbons (Fsp3) is 0.143. The van der Waals surface area contributed by atoms with Gasteiger partial charge in [0.2, 0.25) is 5.91 Å². The van der Waals surface area contributed by atoms with Crippen molar-refractivity contribution in [1.82, 2.24) is 24.6 Å². The van der Waals surface area contributed by atoms with Gasteiger partial charge in [-0.15, -0.1) is 0 Å². The molecule has 3 aromatic heterocycles. The van der Waals surface area contributed by atoms with E-state index in [1.807, 2.05) is 6.07 Å². The third-order valence-electron chi connectivity index (χ3n) is 4.78. The summed E-state index contributed by atoms with van der Waals surface area (Å²) in [5, 5.41) is 6.50. The van der Waals surface area contributed by atoms with Crippen molar-refractivity contribution in [3.63, 3.8) is 0 Å². The molecule has 0 radical (unpaired) electrons. The Morgan fingerprint density at radius 2 is 2.00 bits per heavy atom. The fourth-order valence-electron chi connectivity index (χ4n) is 3.29. The fourth-order valence-corrected chi connectivity index (χ4v) is 3.48. The van der Waals surface area contributed by atoms with Gasteiger partial charge >= 0.3 is 0 Å². The molecule has 9 heteroatoms. The van der Waals surface area contributed by atoms with Crippen LogP contribution in [0.3, 0.4) is 0 Å². The lowest BCUT2D eigenvalue weighted by molar-refractivity contribution is -0.121. The highest BCUT2D eigenvalue weighted by atomic mass is 35.5. The van der Waals surface area contributed by atoms with E-state index in [1.165, 1.54) is 15.3 Å². The zero-order chi connectivity index (χ0) is 21.3. The lowest BCUT2D eigenvalue weighted by Crippen LogP contribution is -2.33. The Kier molecular flexibility index (Phi) is 5.24. The number of aromatic nitrogens is 4. The van der Waals surface area contributed by atoms with Crippen LogP contribution in [-0.2, 0) is 17.9 Å². The minimum Gasteiger partial charge on any atom is -0.349 e. The van der Waals surface area contributed by atoms with Crippen LogP contribution < -0.4 is 16.4 Å². The van der Waals surface area contributed by atoms with Crippen molar-refractivity contribution in [2.75, 3.05) is 0 Å². The molecule has 4 aromatic rings. The molecular weight excluding hydrogens is 406 g/mol. The first-order valence-corrected chi connectivity index (χ1v) is 9.59. The van der Waals surface area contributed by atoms with E-state index in [-0.39, 0.29) is 30.1 Å². The molecule has 0 aliphatic rings. The van der Waals surface area contributed by atoms with E-state index in [2.05, 4.69) is 15.4 Å². The van der Waals surface area contributed by atoms with Gasteiger partial charge in [0, 0.05) is 23.0 Å². The molecule has 0 bridgehead atoms. The summed E-state index contributed by atoms with van der Waals surface area (Å²) in [4.78, 5) is 42.1. The first-order valence-electron chi connectivity index (χ1n) is 9.22. The zero-order valence-corrected chi connectivity index (χ0v) is 16.8. The van der Waals surface area contributed by atoms with E-state index < -0.39 is 0 Å². The molecule has 0 saturated heterocycles. The molecule has 1 amide bonds. The average molecular weight is 424 g/mol. The monoisotopic (exact) mass is 423 g/mol. The summed E-state index contributed by atoms with van der Waals surface area (Å²) in [6.07, 6.45) is 1.64. The largest absolute Gasteiger partial charge is 0.349 e. The van der Waals surface area contributed by atoms with Crippen molar-refractivity contribution < 1.29 is 4.79 Å². The summed E-state index contributed by atoms with van der Waals surface area (Å²) in [5.41, 5.74) is 1.36. The number of aryl methyl sites for hydroxylation is 1. The normalized spacial score (nSPS) is 11.0. The molecule has 2 N–H and O–H groups in total. The SMILES string of the molecule is Cc1c2c(=O)n(-c3cccc(Cl)c3)[nH]c2cc(=O)n1CC(=O)NCc1ccccn1. The van der Waals surface area contributed by atoms with Crippen LogP contribution in [0.1, 0.15) is 11.4 Å². The van der Waals surface area contributed by atoms with Crippen molar-refractivity contribution in [1.29, 1.82) is 0 Å². The van der Waals surface area contributed by atoms with Crippen LogP contribution in [-0.4, -0.2) is 25.2 Å². The van der Waals surface area contributed by atoms with Crippen molar-refractivity contribution in [2.45, 2.75) is 20.0 Å². The van der Waals surface area contributed by atoms with Gasteiger partial charge in [-0.2, -0.15) is 0 Å². The second kappa shape index (κ2) is 8.00. The number of carbonyl (C=O) groups excluding carboxylic acids is 1. The maximum absolute atomic E-state index is 13.0. The molecule has 0 fully saturated rings. The van der Waals surface area contributed by atoms with Crippen LogP contribution in [0.25, 0.3) is 16.6 Å². The Balaban J connectivity index is 1.66. The summed E-state index contributed by atoms with van der Waals surface area (Å²) in [6, 6.07) is 13.5. The number of nitrogens with one attached hydrogen (secondary N) is 2. The maximum Gasteiger partial charge on any atom is 0.280 e. The van der Waals surface area contributed by atoms with Gasteiger partial charge in [-0.05, 0) is 37.3 Å². The molecule has 0 saturated carbocycles. The quantitative estimate of drug-likeness (QED) is 0.513. The van der Waals surface area contributed by atoms with E-state index in [0.717, 1.165) is 0 Å². The number of benzene rings is 1. The highest BCUT2D eigenvalue weighted by molar-refractivity contribution is 6.30. The van der Waals surface area contributed by atoms with Crippen molar-refractivity contribution >= 4 is 28.4 Å². The Morgan fingerprint density at radius 1 is 1.17 bits per heavy atom. The molecule has 0 spiro atoms. The van der Waals surface area contributed by atoms with Crippen LogP contribution in [0.15, 0.2) is 64.3 Å². The molecule has 1 aromatic carbocycles. The summed E-state index contributed by atoms with van der Waals surface area (Å²) < 4.78 is 2.61. The molecule has 30 heavy (non-hydrogen) atoms. The highest BCUT2D eigenvalue weighted by Gasteiger charge is 2.17. The zero-order valence-electron chi connectivity index (χ0n) is 16.1. The second-order valence-electron chi connectivity index (χ2n) is 6.77. The van der Waals surface area contributed by atoms with Crippen molar-refractivity contribution in [3.8, 4) is 5.69 Å². The van der Waals surface area contributed by atoms with Gasteiger partial charge in [0.1, 0.15) is 6.54 Å². The summed E-state index contributed by atoms with van der Waals surface area (Å²) in [7, 11) is 0. The van der Waals surface area contributed by atoms with Crippen LogP contribution in [0, 0.1) is 6.92 Å². The summed E-state index contributed by atoms with van der Waals surface area (Å²) in [6.45, 7) is 1.70. The van der Waals surface area contributed by atoms with Crippen molar-refractivity contribution in [2.24, 2.45) is 0 Å². The Labute approximate surface area is 175 Å². The van der Waals surface area contributed by atoms with E-state index in [9.17, 15) is 14.4 Å². The third kappa shape index (κ3) is 3.77. The molecular formula is C21H18ClN5O3. The van der Waals surface area contributed by atoms with Crippen LogP contribution in [0.5, 0.6) is 0 Å². The van der Waals surface area contributed by atoms with Gasteiger partial charge in [-0.1, -0.05) is 23.7 Å². The smallest absolute Gasteiger partial charge is 0.280 e. The van der Waals surface area contributed by atoms with Gasteiger partial charge < -0.3 is 9.88 Å². The predicted molar refractivity (Wildman–Crippen MR) is 114 cm³/mol. The molecule has 0 aliphatic heterocycles. The first-order chi connectivity index (χ1) is 14.4. The maximum atomic E-state index is 13.0. The van der Waals surface area contributed by atoms with E-state index in [4.69, 9.17) is 11.6 Å². The standard InChI is InChI=1S/C21H18ClN5O3/c1-13-20-17(25-27(21(20)30)16-7-4-5-14(22)9-16)10-19(29)26(13)12-18(28)24-11-15-6-2-3-8-23-15/h2-10,25H,11-12H2,1H3,(H,24,28). The van der Waals surface area contributed by atoms with E-state index in [0.29, 0.717) is 33.0 Å². The second-order valence-corrected chi connectivity index (χ2v) is 7.21. The lowest BCUT2D eigenvalue weighted by Gasteiger charge is -2.10. The summed E-state index contributed by atoms with van der Waals surface area (Å²) >= 11 is 6.03. The molecule has 152 valence electrons. The minimum absolute atomic E-state index is 0.199. The number of hydrogen-bond acceptors (Lipinski definition) is 4. The number of carbonyl (C=O) groups is 1. The van der Waals surface area contributed by atoms with Crippen LogP contribution in [0.4, 0.5) is 0 Å². The molecule has 3 heterocycles. The molecule has 0 aliphatic carbocycles. The van der Waals surface area contributed by atoms with Crippen molar-refractivity contribution in [3.05, 3.63) is 91.8 Å². The minimum atomic E-state index is -0.382. The molecule has 4 rings (SSSR count). The van der Waals surface area contributed by atoms with Gasteiger partial charge in [-0.25, -0.2) is 4.68 Å².